The van der Waals surface area contributed by atoms with E-state index in [0.717, 1.165) is 17.8 Å². The molecule has 0 saturated carbocycles. The highest BCUT2D eigenvalue weighted by Crippen LogP contribution is 2.11. The van der Waals surface area contributed by atoms with Crippen molar-refractivity contribution in [1.29, 1.82) is 5.41 Å². The van der Waals surface area contributed by atoms with Gasteiger partial charge in [-0.15, -0.1) is 0 Å². The van der Waals surface area contributed by atoms with Gasteiger partial charge in [0.15, 0.2) is 0 Å². The van der Waals surface area contributed by atoms with Crippen molar-refractivity contribution in [3.63, 3.8) is 0 Å². The Morgan fingerprint density at radius 2 is 1.67 bits per heavy atom. The first-order valence-corrected chi connectivity index (χ1v) is 6.26. The molecule has 0 atom stereocenters. The van der Waals surface area contributed by atoms with E-state index in [1.54, 1.807) is 0 Å². The van der Waals surface area contributed by atoms with Gasteiger partial charge in [0.2, 0.25) is 0 Å². The van der Waals surface area contributed by atoms with Crippen LogP contribution in [0.2, 0.25) is 5.02 Å². The fourth-order valence-electron chi connectivity index (χ4n) is 1.68. The summed E-state index contributed by atoms with van der Waals surface area (Å²) in [6.45, 7) is 0.755. The lowest BCUT2D eigenvalue weighted by Gasteiger charge is -2.07. The van der Waals surface area contributed by atoms with E-state index < -0.39 is 0 Å². The van der Waals surface area contributed by atoms with Crippen molar-refractivity contribution in [2.45, 2.75) is 6.42 Å². The molecule has 0 fully saturated rings. The molecule has 0 aromatic heterocycles. The lowest BCUT2D eigenvalue weighted by atomic mass is 10.1. The molecule has 0 bridgehead atoms. The molecule has 0 heterocycles. The Morgan fingerprint density at radius 3 is 2.33 bits per heavy atom. The Balaban J connectivity index is 1.84. The first kappa shape index (κ1) is 12.7. The number of hydrogen-bond donors (Lipinski definition) is 2. The molecule has 0 amide bonds. The molecule has 2 rings (SSSR count). The SMILES string of the molecule is N=C(CCNc1ccccc1)c1ccc(Cl)cc1. The molecule has 2 aromatic carbocycles. The van der Waals surface area contributed by atoms with Crippen molar-refractivity contribution in [3.8, 4) is 0 Å². The Hall–Kier alpha value is -1.80. The van der Waals surface area contributed by atoms with E-state index in [4.69, 9.17) is 17.0 Å². The van der Waals surface area contributed by atoms with Crippen LogP contribution in [0.15, 0.2) is 54.6 Å². The predicted octanol–water partition coefficient (Wildman–Crippen LogP) is 4.21. The summed E-state index contributed by atoms with van der Waals surface area (Å²) in [4.78, 5) is 0. The van der Waals surface area contributed by atoms with Crippen LogP contribution in [0, 0.1) is 5.41 Å². The van der Waals surface area contributed by atoms with Crippen LogP contribution in [-0.2, 0) is 0 Å². The monoisotopic (exact) mass is 258 g/mol. The van der Waals surface area contributed by atoms with Crippen LogP contribution in [0.1, 0.15) is 12.0 Å². The minimum Gasteiger partial charge on any atom is -0.385 e. The van der Waals surface area contributed by atoms with E-state index in [9.17, 15) is 0 Å². The summed E-state index contributed by atoms with van der Waals surface area (Å²) >= 11 is 5.82. The highest BCUT2D eigenvalue weighted by Gasteiger charge is 2.01. The molecular formula is C15H15ClN2. The van der Waals surface area contributed by atoms with Gasteiger partial charge in [0, 0.05) is 29.4 Å². The number of para-hydroxylation sites is 1. The van der Waals surface area contributed by atoms with Gasteiger partial charge in [0.25, 0.3) is 0 Å². The molecule has 0 radical (unpaired) electrons. The number of hydrogen-bond acceptors (Lipinski definition) is 2. The van der Waals surface area contributed by atoms with Crippen LogP contribution in [0.25, 0.3) is 0 Å². The Bertz CT molecular complexity index is 506. The molecule has 3 heteroatoms. The highest BCUT2D eigenvalue weighted by molar-refractivity contribution is 6.30. The first-order valence-electron chi connectivity index (χ1n) is 5.88. The van der Waals surface area contributed by atoms with Gasteiger partial charge in [0.1, 0.15) is 0 Å². The minimum atomic E-state index is 0.620. The predicted molar refractivity (Wildman–Crippen MR) is 77.8 cm³/mol. The second-order valence-electron chi connectivity index (χ2n) is 4.03. The second-order valence-corrected chi connectivity index (χ2v) is 4.46. The number of halogens is 1. The van der Waals surface area contributed by atoms with E-state index >= 15 is 0 Å². The fourth-order valence-corrected chi connectivity index (χ4v) is 1.81. The molecule has 0 aliphatic carbocycles. The maximum atomic E-state index is 7.98. The third-order valence-corrected chi connectivity index (χ3v) is 2.92. The molecule has 2 nitrogen and oxygen atoms in total. The summed E-state index contributed by atoms with van der Waals surface area (Å²) in [7, 11) is 0. The van der Waals surface area contributed by atoms with E-state index in [2.05, 4.69) is 5.32 Å². The zero-order valence-electron chi connectivity index (χ0n) is 9.99. The zero-order valence-corrected chi connectivity index (χ0v) is 10.7. The van der Waals surface area contributed by atoms with Crippen LogP contribution in [0.5, 0.6) is 0 Å². The van der Waals surface area contributed by atoms with Crippen LogP contribution in [-0.4, -0.2) is 12.3 Å². The zero-order chi connectivity index (χ0) is 12.8. The summed E-state index contributed by atoms with van der Waals surface area (Å²) in [6, 6.07) is 17.4. The van der Waals surface area contributed by atoms with E-state index in [0.29, 0.717) is 17.2 Å². The van der Waals surface area contributed by atoms with Crippen molar-refractivity contribution in [2.75, 3.05) is 11.9 Å². The number of nitrogens with one attached hydrogen (secondary N) is 2. The molecule has 92 valence electrons. The maximum Gasteiger partial charge on any atom is 0.0406 e. The molecule has 0 spiro atoms. The molecule has 0 aliphatic heterocycles. The highest BCUT2D eigenvalue weighted by atomic mass is 35.5. The third-order valence-electron chi connectivity index (χ3n) is 2.67. The van der Waals surface area contributed by atoms with Crippen LogP contribution in [0.3, 0.4) is 0 Å². The largest absolute Gasteiger partial charge is 0.385 e. The maximum absolute atomic E-state index is 7.98. The minimum absolute atomic E-state index is 0.620. The number of benzene rings is 2. The Morgan fingerprint density at radius 1 is 1.00 bits per heavy atom. The molecule has 0 saturated heterocycles. The van der Waals surface area contributed by atoms with Gasteiger partial charge in [-0.2, -0.15) is 0 Å². The molecule has 2 N–H and O–H groups in total. The summed E-state index contributed by atoms with van der Waals surface area (Å²) < 4.78 is 0. The van der Waals surface area contributed by atoms with Crippen molar-refractivity contribution < 1.29 is 0 Å². The topological polar surface area (TPSA) is 35.9 Å². The van der Waals surface area contributed by atoms with Crippen LogP contribution < -0.4 is 5.32 Å². The summed E-state index contributed by atoms with van der Waals surface area (Å²) in [5, 5.41) is 12.0. The van der Waals surface area contributed by atoms with Crippen molar-refractivity contribution in [3.05, 3.63) is 65.2 Å². The molecule has 0 unspecified atom stereocenters. The van der Waals surface area contributed by atoms with Gasteiger partial charge in [-0.1, -0.05) is 41.9 Å². The van der Waals surface area contributed by atoms with E-state index in [1.807, 2.05) is 54.6 Å². The van der Waals surface area contributed by atoms with Gasteiger partial charge < -0.3 is 10.7 Å². The smallest absolute Gasteiger partial charge is 0.0406 e. The lowest BCUT2D eigenvalue weighted by molar-refractivity contribution is 1.09. The lowest BCUT2D eigenvalue weighted by Crippen LogP contribution is -2.08. The van der Waals surface area contributed by atoms with Gasteiger partial charge in [0.05, 0.1) is 0 Å². The first-order chi connectivity index (χ1) is 8.75. The summed E-state index contributed by atoms with van der Waals surface area (Å²) in [6.07, 6.45) is 0.691. The van der Waals surface area contributed by atoms with Crippen LogP contribution >= 0.6 is 11.6 Å². The van der Waals surface area contributed by atoms with Gasteiger partial charge in [-0.25, -0.2) is 0 Å². The molecule has 18 heavy (non-hydrogen) atoms. The van der Waals surface area contributed by atoms with E-state index in [-0.39, 0.29) is 0 Å². The van der Waals surface area contributed by atoms with Gasteiger partial charge in [-0.05, 0) is 29.8 Å². The second kappa shape index (κ2) is 6.22. The average Bonchev–Trinajstić information content (AvgIpc) is 2.40. The molecule has 0 aliphatic rings. The average molecular weight is 259 g/mol. The Kier molecular flexibility index (Phi) is 4.37. The normalized spacial score (nSPS) is 10.1. The fraction of sp³-hybridized carbons (Fsp3) is 0.133. The number of anilines is 1. The van der Waals surface area contributed by atoms with Crippen LogP contribution in [0.4, 0.5) is 5.69 Å². The van der Waals surface area contributed by atoms with Gasteiger partial charge in [-0.3, -0.25) is 0 Å². The molecular weight excluding hydrogens is 244 g/mol. The van der Waals surface area contributed by atoms with E-state index in [1.165, 1.54) is 0 Å². The molecule has 2 aromatic rings. The standard InChI is InChI=1S/C15H15ClN2/c16-13-8-6-12(7-9-13)15(17)10-11-18-14-4-2-1-3-5-14/h1-9,17-18H,10-11H2. The quantitative estimate of drug-likeness (QED) is 0.775. The van der Waals surface area contributed by atoms with Crippen molar-refractivity contribution in [1.82, 2.24) is 0 Å². The Labute approximate surface area is 112 Å². The third kappa shape index (κ3) is 3.60. The summed E-state index contributed by atoms with van der Waals surface area (Å²) in [5.74, 6) is 0. The summed E-state index contributed by atoms with van der Waals surface area (Å²) in [5.41, 5.74) is 2.63. The number of rotatable bonds is 5. The van der Waals surface area contributed by atoms with Crippen molar-refractivity contribution >= 4 is 23.0 Å². The van der Waals surface area contributed by atoms with Gasteiger partial charge >= 0.3 is 0 Å². The van der Waals surface area contributed by atoms with Crippen molar-refractivity contribution in [2.24, 2.45) is 0 Å².